The van der Waals surface area contributed by atoms with E-state index < -0.39 is 18.2 Å². The van der Waals surface area contributed by atoms with Crippen molar-refractivity contribution < 1.29 is 27.8 Å². The standard InChI is InChI=1S/C20H30F2N4O4/c1-14-6-5-7-15(29-17(21)22)16(14)24-18(27)23-8-9-25-10-12-26(13-11-25)19(28)30-20(2,3)4/h5-7,17H,8-13H2,1-4H3,(H2,23,24,27). The minimum absolute atomic E-state index is 0.0848. The molecule has 2 N–H and O–H groups in total. The molecule has 1 fully saturated rings. The van der Waals surface area contributed by atoms with Gasteiger partial charge in [0, 0.05) is 39.3 Å². The van der Waals surface area contributed by atoms with Crippen molar-refractivity contribution in [2.45, 2.75) is 39.9 Å². The number of ether oxygens (including phenoxy) is 2. The van der Waals surface area contributed by atoms with E-state index in [-0.39, 0.29) is 17.5 Å². The molecule has 1 aromatic rings. The summed E-state index contributed by atoms with van der Waals surface area (Å²) in [7, 11) is 0. The largest absolute Gasteiger partial charge is 0.444 e. The Balaban J connectivity index is 1.74. The Hall–Kier alpha value is -2.62. The summed E-state index contributed by atoms with van der Waals surface area (Å²) in [6.45, 7) is 7.63. The summed E-state index contributed by atoms with van der Waals surface area (Å²) in [6, 6.07) is 4.14. The molecule has 0 aromatic heterocycles. The molecule has 0 saturated carbocycles. The number of aryl methyl sites for hydroxylation is 1. The van der Waals surface area contributed by atoms with E-state index in [9.17, 15) is 18.4 Å². The van der Waals surface area contributed by atoms with Gasteiger partial charge in [-0.1, -0.05) is 12.1 Å². The maximum absolute atomic E-state index is 12.5. The van der Waals surface area contributed by atoms with Crippen molar-refractivity contribution in [1.29, 1.82) is 0 Å². The lowest BCUT2D eigenvalue weighted by molar-refractivity contribution is -0.0493. The maximum atomic E-state index is 12.5. The van der Waals surface area contributed by atoms with Crippen LogP contribution in [0, 0.1) is 6.92 Å². The third-order valence-corrected chi connectivity index (χ3v) is 4.43. The van der Waals surface area contributed by atoms with Gasteiger partial charge in [0.05, 0.1) is 5.69 Å². The molecule has 1 heterocycles. The molecular formula is C20H30F2N4O4. The topological polar surface area (TPSA) is 83.1 Å². The molecule has 0 spiro atoms. The highest BCUT2D eigenvalue weighted by Crippen LogP contribution is 2.29. The van der Waals surface area contributed by atoms with E-state index in [0.29, 0.717) is 44.8 Å². The minimum Gasteiger partial charge on any atom is -0.444 e. The maximum Gasteiger partial charge on any atom is 0.410 e. The van der Waals surface area contributed by atoms with Crippen LogP contribution in [0.15, 0.2) is 18.2 Å². The number of alkyl halides is 2. The third kappa shape index (κ3) is 7.66. The van der Waals surface area contributed by atoms with Gasteiger partial charge in [-0.05, 0) is 39.3 Å². The van der Waals surface area contributed by atoms with Gasteiger partial charge in [0.25, 0.3) is 0 Å². The number of urea groups is 1. The molecule has 2 rings (SSSR count). The first-order valence-corrected chi connectivity index (χ1v) is 9.85. The van der Waals surface area contributed by atoms with E-state index in [2.05, 4.69) is 20.3 Å². The summed E-state index contributed by atoms with van der Waals surface area (Å²) >= 11 is 0. The average molecular weight is 428 g/mol. The molecule has 0 aliphatic carbocycles. The van der Waals surface area contributed by atoms with Crippen LogP contribution in [0.2, 0.25) is 0 Å². The molecule has 1 aliphatic heterocycles. The van der Waals surface area contributed by atoms with Crippen LogP contribution in [0.5, 0.6) is 5.75 Å². The number of piperazine rings is 1. The molecule has 1 aromatic carbocycles. The van der Waals surface area contributed by atoms with Crippen LogP contribution >= 0.6 is 0 Å². The lowest BCUT2D eigenvalue weighted by Gasteiger charge is -2.35. The Labute approximate surface area is 175 Å². The van der Waals surface area contributed by atoms with Gasteiger partial charge in [-0.25, -0.2) is 9.59 Å². The monoisotopic (exact) mass is 428 g/mol. The zero-order valence-electron chi connectivity index (χ0n) is 17.8. The normalized spacial score (nSPS) is 15.1. The molecule has 0 radical (unpaired) electrons. The van der Waals surface area contributed by atoms with Crippen molar-refractivity contribution in [1.82, 2.24) is 15.1 Å². The first kappa shape index (κ1) is 23.7. The van der Waals surface area contributed by atoms with E-state index in [1.54, 1.807) is 24.0 Å². The number of anilines is 1. The van der Waals surface area contributed by atoms with Crippen molar-refractivity contribution in [3.05, 3.63) is 23.8 Å². The van der Waals surface area contributed by atoms with Crippen molar-refractivity contribution in [2.75, 3.05) is 44.6 Å². The SMILES string of the molecule is Cc1cccc(OC(F)F)c1NC(=O)NCCN1CCN(C(=O)OC(C)(C)C)CC1. The number of hydrogen-bond donors (Lipinski definition) is 2. The number of nitrogens with zero attached hydrogens (tertiary/aromatic N) is 2. The van der Waals surface area contributed by atoms with Crippen LogP contribution < -0.4 is 15.4 Å². The van der Waals surface area contributed by atoms with Crippen molar-refractivity contribution in [3.8, 4) is 5.75 Å². The number of rotatable bonds is 6. The average Bonchev–Trinajstić information content (AvgIpc) is 2.63. The Kier molecular flexibility index (Phi) is 8.22. The number of para-hydroxylation sites is 1. The molecule has 30 heavy (non-hydrogen) atoms. The van der Waals surface area contributed by atoms with E-state index in [4.69, 9.17) is 4.74 Å². The molecular weight excluding hydrogens is 398 g/mol. The Morgan fingerprint density at radius 3 is 2.43 bits per heavy atom. The molecule has 168 valence electrons. The quantitative estimate of drug-likeness (QED) is 0.727. The Morgan fingerprint density at radius 2 is 1.83 bits per heavy atom. The highest BCUT2D eigenvalue weighted by atomic mass is 19.3. The second-order valence-electron chi connectivity index (χ2n) is 8.02. The Bertz CT molecular complexity index is 732. The predicted octanol–water partition coefficient (Wildman–Crippen LogP) is 3.27. The number of carbonyl (C=O) groups is 2. The fourth-order valence-corrected chi connectivity index (χ4v) is 2.96. The summed E-state index contributed by atoms with van der Waals surface area (Å²) < 4.78 is 34.9. The molecule has 0 atom stereocenters. The van der Waals surface area contributed by atoms with Crippen molar-refractivity contribution in [2.24, 2.45) is 0 Å². The highest BCUT2D eigenvalue weighted by Gasteiger charge is 2.25. The smallest absolute Gasteiger partial charge is 0.410 e. The molecule has 1 saturated heterocycles. The van der Waals surface area contributed by atoms with Crippen LogP contribution in [0.4, 0.5) is 24.1 Å². The second-order valence-corrected chi connectivity index (χ2v) is 8.02. The van der Waals surface area contributed by atoms with Gasteiger partial charge in [-0.3, -0.25) is 4.90 Å². The van der Waals surface area contributed by atoms with Gasteiger partial charge in [-0.2, -0.15) is 8.78 Å². The number of halogens is 2. The first-order valence-electron chi connectivity index (χ1n) is 9.85. The van der Waals surface area contributed by atoms with Crippen LogP contribution in [0.3, 0.4) is 0 Å². The van der Waals surface area contributed by atoms with Gasteiger partial charge < -0.3 is 25.0 Å². The number of hydrogen-bond acceptors (Lipinski definition) is 5. The number of carbonyl (C=O) groups excluding carboxylic acids is 2. The van der Waals surface area contributed by atoms with Gasteiger partial charge in [0.15, 0.2) is 0 Å². The number of benzene rings is 1. The van der Waals surface area contributed by atoms with E-state index in [1.165, 1.54) is 6.07 Å². The van der Waals surface area contributed by atoms with Crippen LogP contribution in [0.1, 0.15) is 26.3 Å². The number of nitrogens with one attached hydrogen (secondary N) is 2. The van der Waals surface area contributed by atoms with E-state index in [1.807, 2.05) is 20.8 Å². The van der Waals surface area contributed by atoms with Crippen molar-refractivity contribution >= 4 is 17.8 Å². The van der Waals surface area contributed by atoms with Crippen molar-refractivity contribution in [3.63, 3.8) is 0 Å². The van der Waals surface area contributed by atoms with Crippen LogP contribution in [-0.4, -0.2) is 73.4 Å². The summed E-state index contributed by atoms with van der Waals surface area (Å²) in [5.41, 5.74) is 0.297. The van der Waals surface area contributed by atoms with Crippen LogP contribution in [-0.2, 0) is 4.74 Å². The van der Waals surface area contributed by atoms with Gasteiger partial charge in [-0.15, -0.1) is 0 Å². The summed E-state index contributed by atoms with van der Waals surface area (Å²) in [4.78, 5) is 28.0. The molecule has 0 unspecified atom stereocenters. The summed E-state index contributed by atoms with van der Waals surface area (Å²) in [5, 5.41) is 5.28. The summed E-state index contributed by atoms with van der Waals surface area (Å²) in [6.07, 6.45) is -0.320. The fraction of sp³-hybridized carbons (Fsp3) is 0.600. The van der Waals surface area contributed by atoms with Crippen LogP contribution in [0.25, 0.3) is 0 Å². The third-order valence-electron chi connectivity index (χ3n) is 4.43. The molecule has 1 aliphatic rings. The predicted molar refractivity (Wildman–Crippen MR) is 109 cm³/mol. The van der Waals surface area contributed by atoms with Gasteiger partial charge in [0.1, 0.15) is 11.4 Å². The fourth-order valence-electron chi connectivity index (χ4n) is 2.96. The lowest BCUT2D eigenvalue weighted by atomic mass is 10.2. The molecule has 3 amide bonds. The Morgan fingerprint density at radius 1 is 1.17 bits per heavy atom. The second kappa shape index (κ2) is 10.4. The molecule has 10 heteroatoms. The summed E-state index contributed by atoms with van der Waals surface area (Å²) in [5.74, 6) is -0.0848. The minimum atomic E-state index is -2.98. The van der Waals surface area contributed by atoms with E-state index in [0.717, 1.165) is 0 Å². The molecule has 0 bridgehead atoms. The lowest BCUT2D eigenvalue weighted by Crippen LogP contribution is -2.51. The zero-order chi connectivity index (χ0) is 22.3. The zero-order valence-corrected chi connectivity index (χ0v) is 17.8. The van der Waals surface area contributed by atoms with Gasteiger partial charge in [0.2, 0.25) is 0 Å². The first-order chi connectivity index (χ1) is 14.0. The highest BCUT2D eigenvalue weighted by molar-refractivity contribution is 5.91. The van der Waals surface area contributed by atoms with E-state index >= 15 is 0 Å². The molecule has 8 nitrogen and oxygen atoms in total. The number of amides is 3. The van der Waals surface area contributed by atoms with Gasteiger partial charge >= 0.3 is 18.7 Å².